The normalized spacial score (nSPS) is 16.2. The van der Waals surface area contributed by atoms with Crippen molar-refractivity contribution in [1.29, 1.82) is 0 Å². The molecule has 0 spiro atoms. The smallest absolute Gasteiger partial charge is 0.142 e. The molecule has 2 aromatic carbocycles. The Kier molecular flexibility index (Phi) is 7.07. The molecule has 3 rings (SSSR count). The molecular weight excluding hydrogens is 387 g/mol. The summed E-state index contributed by atoms with van der Waals surface area (Å²) < 4.78 is 11.1. The summed E-state index contributed by atoms with van der Waals surface area (Å²) in [6, 6.07) is 13.1. The van der Waals surface area contributed by atoms with Gasteiger partial charge in [-0.1, -0.05) is 35.3 Å². The molecule has 5 nitrogen and oxygen atoms in total. The zero-order valence-electron chi connectivity index (χ0n) is 15.3. The molecule has 1 heterocycles. The zero-order chi connectivity index (χ0) is 19.2. The van der Waals surface area contributed by atoms with Gasteiger partial charge in [0.2, 0.25) is 0 Å². The Bertz CT molecular complexity index is 752. The summed E-state index contributed by atoms with van der Waals surface area (Å²) in [5.74, 6) is 1.42. The molecule has 1 aliphatic rings. The lowest BCUT2D eigenvalue weighted by molar-refractivity contribution is 0.0663. The van der Waals surface area contributed by atoms with E-state index in [4.69, 9.17) is 32.7 Å². The van der Waals surface area contributed by atoms with Crippen LogP contribution in [0, 0.1) is 0 Å². The van der Waals surface area contributed by atoms with Crippen molar-refractivity contribution in [1.82, 2.24) is 4.90 Å². The maximum atomic E-state index is 10.3. The van der Waals surface area contributed by atoms with Gasteiger partial charge in [-0.15, -0.1) is 0 Å². The van der Waals surface area contributed by atoms with Crippen LogP contribution in [0.25, 0.3) is 0 Å². The maximum absolute atomic E-state index is 10.3. The summed E-state index contributed by atoms with van der Waals surface area (Å²) in [6.07, 6.45) is -0.588. The van der Waals surface area contributed by atoms with Crippen LogP contribution in [-0.2, 0) is 0 Å². The van der Waals surface area contributed by atoms with Gasteiger partial charge < -0.3 is 19.5 Å². The molecule has 0 aromatic heterocycles. The van der Waals surface area contributed by atoms with E-state index in [-0.39, 0.29) is 6.61 Å². The van der Waals surface area contributed by atoms with Crippen LogP contribution in [0.15, 0.2) is 42.5 Å². The SMILES string of the molecule is COc1ccccc1N1CCN(CC(O)COc2ccc(Cl)cc2Cl)CC1. The van der Waals surface area contributed by atoms with E-state index in [2.05, 4.69) is 15.9 Å². The highest BCUT2D eigenvalue weighted by atomic mass is 35.5. The fourth-order valence-corrected chi connectivity index (χ4v) is 3.65. The third-order valence-electron chi connectivity index (χ3n) is 4.59. The van der Waals surface area contributed by atoms with Gasteiger partial charge >= 0.3 is 0 Å². The van der Waals surface area contributed by atoms with Gasteiger partial charge in [0.15, 0.2) is 0 Å². The van der Waals surface area contributed by atoms with Gasteiger partial charge in [0, 0.05) is 37.7 Å². The molecule has 0 aliphatic carbocycles. The number of rotatable bonds is 7. The van der Waals surface area contributed by atoms with Crippen LogP contribution < -0.4 is 14.4 Å². The average molecular weight is 411 g/mol. The van der Waals surface area contributed by atoms with Crippen molar-refractivity contribution < 1.29 is 14.6 Å². The lowest BCUT2D eigenvalue weighted by atomic mass is 10.2. The summed E-state index contributed by atoms with van der Waals surface area (Å²) in [7, 11) is 1.69. The first-order valence-corrected chi connectivity index (χ1v) is 9.68. The predicted molar refractivity (Wildman–Crippen MR) is 110 cm³/mol. The molecule has 1 aliphatic heterocycles. The van der Waals surface area contributed by atoms with Gasteiger partial charge in [-0.3, -0.25) is 4.90 Å². The molecule has 0 amide bonds. The predicted octanol–water partition coefficient (Wildman–Crippen LogP) is 3.56. The van der Waals surface area contributed by atoms with E-state index in [1.807, 2.05) is 18.2 Å². The van der Waals surface area contributed by atoms with E-state index >= 15 is 0 Å². The van der Waals surface area contributed by atoms with E-state index in [1.165, 1.54) is 0 Å². The first kappa shape index (κ1) is 20.1. The summed E-state index contributed by atoms with van der Waals surface area (Å²) in [5.41, 5.74) is 1.11. The minimum Gasteiger partial charge on any atom is -0.495 e. The molecule has 1 saturated heterocycles. The number of ether oxygens (including phenoxy) is 2. The van der Waals surface area contributed by atoms with Gasteiger partial charge in [0.25, 0.3) is 0 Å². The quantitative estimate of drug-likeness (QED) is 0.755. The Morgan fingerprint density at radius 1 is 1.04 bits per heavy atom. The number of para-hydroxylation sites is 2. The molecule has 1 N–H and O–H groups in total. The lowest BCUT2D eigenvalue weighted by Crippen LogP contribution is -2.49. The highest BCUT2D eigenvalue weighted by Crippen LogP contribution is 2.29. The molecule has 1 unspecified atom stereocenters. The van der Waals surface area contributed by atoms with E-state index in [0.717, 1.165) is 37.6 Å². The van der Waals surface area contributed by atoms with Crippen molar-refractivity contribution in [2.75, 3.05) is 51.3 Å². The Labute approximate surface area is 170 Å². The summed E-state index contributed by atoms with van der Waals surface area (Å²) in [5, 5.41) is 11.3. The summed E-state index contributed by atoms with van der Waals surface area (Å²) >= 11 is 12.0. The van der Waals surface area contributed by atoms with Crippen LogP contribution in [0.3, 0.4) is 0 Å². The molecule has 2 aromatic rings. The number of aliphatic hydroxyl groups excluding tert-OH is 1. The molecule has 7 heteroatoms. The third-order valence-corrected chi connectivity index (χ3v) is 5.12. The van der Waals surface area contributed by atoms with Crippen molar-refractivity contribution in [2.24, 2.45) is 0 Å². The Morgan fingerprint density at radius 2 is 1.78 bits per heavy atom. The number of halogens is 2. The number of aliphatic hydroxyl groups is 1. The minimum atomic E-state index is -0.588. The van der Waals surface area contributed by atoms with Gasteiger partial charge in [-0.2, -0.15) is 0 Å². The van der Waals surface area contributed by atoms with E-state index in [0.29, 0.717) is 22.3 Å². The lowest BCUT2D eigenvalue weighted by Gasteiger charge is -2.37. The Morgan fingerprint density at radius 3 is 2.48 bits per heavy atom. The van der Waals surface area contributed by atoms with Gasteiger partial charge in [-0.25, -0.2) is 0 Å². The van der Waals surface area contributed by atoms with Crippen LogP contribution in [0.5, 0.6) is 11.5 Å². The zero-order valence-corrected chi connectivity index (χ0v) is 16.8. The first-order valence-electron chi connectivity index (χ1n) is 8.93. The van der Waals surface area contributed by atoms with E-state index in [1.54, 1.807) is 25.3 Å². The molecule has 0 saturated carbocycles. The maximum Gasteiger partial charge on any atom is 0.142 e. The highest BCUT2D eigenvalue weighted by Gasteiger charge is 2.21. The molecule has 146 valence electrons. The Hall–Kier alpha value is -1.66. The van der Waals surface area contributed by atoms with Crippen molar-refractivity contribution in [3.63, 3.8) is 0 Å². The van der Waals surface area contributed by atoms with Crippen LogP contribution in [0.1, 0.15) is 0 Å². The molecule has 1 atom stereocenters. The molecule has 1 fully saturated rings. The molecule has 0 radical (unpaired) electrons. The summed E-state index contributed by atoms with van der Waals surface area (Å²) in [6.45, 7) is 4.26. The van der Waals surface area contributed by atoms with Crippen molar-refractivity contribution in [3.8, 4) is 11.5 Å². The van der Waals surface area contributed by atoms with Crippen molar-refractivity contribution in [3.05, 3.63) is 52.5 Å². The van der Waals surface area contributed by atoms with E-state index in [9.17, 15) is 5.11 Å². The number of anilines is 1. The monoisotopic (exact) mass is 410 g/mol. The van der Waals surface area contributed by atoms with Crippen molar-refractivity contribution >= 4 is 28.9 Å². The van der Waals surface area contributed by atoms with Crippen molar-refractivity contribution in [2.45, 2.75) is 6.10 Å². The second-order valence-corrected chi connectivity index (χ2v) is 7.34. The number of β-amino-alcohol motifs (C(OH)–C–C–N with tert-alkyl or cyclic N) is 1. The van der Waals surface area contributed by atoms with Gasteiger partial charge in [-0.05, 0) is 30.3 Å². The highest BCUT2D eigenvalue weighted by molar-refractivity contribution is 6.35. The number of piperazine rings is 1. The molecule has 0 bridgehead atoms. The fraction of sp³-hybridized carbons (Fsp3) is 0.400. The van der Waals surface area contributed by atoms with E-state index < -0.39 is 6.10 Å². The largest absolute Gasteiger partial charge is 0.495 e. The van der Waals surface area contributed by atoms with Crippen LogP contribution in [0.2, 0.25) is 10.0 Å². The summed E-state index contributed by atoms with van der Waals surface area (Å²) in [4.78, 5) is 4.55. The molecule has 27 heavy (non-hydrogen) atoms. The fourth-order valence-electron chi connectivity index (χ4n) is 3.19. The second-order valence-electron chi connectivity index (χ2n) is 6.50. The number of hydrogen-bond acceptors (Lipinski definition) is 5. The minimum absolute atomic E-state index is 0.189. The second kappa shape index (κ2) is 9.51. The number of hydrogen-bond donors (Lipinski definition) is 1. The van der Waals surface area contributed by atoms with Gasteiger partial charge in [0.05, 0.1) is 17.8 Å². The number of methoxy groups -OCH3 is 1. The van der Waals surface area contributed by atoms with Gasteiger partial charge in [0.1, 0.15) is 24.2 Å². The molecular formula is C20H24Cl2N2O3. The third kappa shape index (κ3) is 5.42. The number of nitrogens with zero attached hydrogens (tertiary/aromatic N) is 2. The van der Waals surface area contributed by atoms with Crippen LogP contribution in [-0.4, -0.2) is 62.6 Å². The first-order chi connectivity index (χ1) is 13.1. The standard InChI is InChI=1S/C20H24Cl2N2O3/c1-26-20-5-3-2-4-18(20)24-10-8-23(9-11-24)13-16(25)14-27-19-7-6-15(21)12-17(19)22/h2-7,12,16,25H,8-11,13-14H2,1H3. The van der Waals surface area contributed by atoms with Crippen LogP contribution >= 0.6 is 23.2 Å². The topological polar surface area (TPSA) is 45.2 Å². The Balaban J connectivity index is 1.46. The average Bonchev–Trinajstić information content (AvgIpc) is 2.68. The number of benzene rings is 2. The van der Waals surface area contributed by atoms with Crippen LogP contribution in [0.4, 0.5) is 5.69 Å².